The fourth-order valence-electron chi connectivity index (χ4n) is 2.64. The van der Waals surface area contributed by atoms with Crippen molar-refractivity contribution in [3.63, 3.8) is 0 Å². The van der Waals surface area contributed by atoms with Crippen LogP contribution in [0.15, 0.2) is 10.6 Å². The van der Waals surface area contributed by atoms with Gasteiger partial charge in [-0.05, 0) is 27.2 Å². The molecule has 6 heteroatoms. The van der Waals surface area contributed by atoms with Crippen LogP contribution in [0.5, 0.6) is 0 Å². The molecule has 2 aromatic rings. The topological polar surface area (TPSA) is 80.9 Å². The van der Waals surface area contributed by atoms with Crippen LogP contribution in [-0.4, -0.2) is 21.0 Å². The van der Waals surface area contributed by atoms with Crippen LogP contribution >= 0.6 is 0 Å². The van der Waals surface area contributed by atoms with Crippen LogP contribution in [0.4, 0.5) is 5.82 Å². The fourth-order valence-corrected chi connectivity index (χ4v) is 2.64. The summed E-state index contributed by atoms with van der Waals surface area (Å²) in [5.41, 5.74) is 2.45. The average Bonchev–Trinajstić information content (AvgIpc) is 2.79. The van der Waals surface area contributed by atoms with Crippen molar-refractivity contribution >= 4 is 11.7 Å². The van der Waals surface area contributed by atoms with Gasteiger partial charge in [0.05, 0.1) is 11.6 Å². The average molecular weight is 316 g/mol. The molecular weight excluding hydrogens is 292 g/mol. The Balaban J connectivity index is 2.27. The third kappa shape index (κ3) is 3.75. The first kappa shape index (κ1) is 17.1. The minimum Gasteiger partial charge on any atom is -0.361 e. The second-order valence-electron chi connectivity index (χ2n) is 6.10. The zero-order valence-corrected chi connectivity index (χ0v) is 14.6. The summed E-state index contributed by atoms with van der Waals surface area (Å²) in [6.45, 7) is 11.6. The number of aryl methyl sites for hydroxylation is 3. The normalized spacial score (nSPS) is 12.5. The summed E-state index contributed by atoms with van der Waals surface area (Å²) in [6.07, 6.45) is 0.663. The Morgan fingerprint density at radius 3 is 2.48 bits per heavy atom. The van der Waals surface area contributed by atoms with E-state index in [0.717, 1.165) is 22.8 Å². The van der Waals surface area contributed by atoms with Crippen molar-refractivity contribution < 1.29 is 9.32 Å². The van der Waals surface area contributed by atoms with Gasteiger partial charge in [0.2, 0.25) is 5.91 Å². The molecule has 0 saturated carbocycles. The lowest BCUT2D eigenvalue weighted by Crippen LogP contribution is -2.22. The molecule has 0 bridgehead atoms. The molecule has 1 atom stereocenters. The van der Waals surface area contributed by atoms with Gasteiger partial charge in [-0.25, -0.2) is 9.97 Å². The third-order valence-electron chi connectivity index (χ3n) is 3.80. The second kappa shape index (κ2) is 6.89. The summed E-state index contributed by atoms with van der Waals surface area (Å²) in [5, 5.41) is 6.86. The number of nitrogens with zero attached hydrogens (tertiary/aromatic N) is 3. The number of hydrogen-bond acceptors (Lipinski definition) is 5. The molecule has 0 saturated heterocycles. The molecular formula is C17H24N4O2. The lowest BCUT2D eigenvalue weighted by molar-refractivity contribution is -0.117. The molecule has 23 heavy (non-hydrogen) atoms. The first-order valence-corrected chi connectivity index (χ1v) is 7.92. The van der Waals surface area contributed by atoms with Crippen LogP contribution in [0, 0.1) is 20.8 Å². The predicted octanol–water partition coefficient (Wildman–Crippen LogP) is 3.65. The molecule has 2 heterocycles. The molecule has 1 N–H and O–H groups in total. The minimum absolute atomic E-state index is 0.102. The number of aromatic nitrogens is 3. The van der Waals surface area contributed by atoms with E-state index in [-0.39, 0.29) is 17.7 Å². The molecule has 1 unspecified atom stereocenters. The van der Waals surface area contributed by atoms with E-state index in [1.807, 2.05) is 41.5 Å². The lowest BCUT2D eigenvalue weighted by Gasteiger charge is -2.15. The Bertz CT molecular complexity index is 687. The highest BCUT2D eigenvalue weighted by molar-refractivity contribution is 5.95. The van der Waals surface area contributed by atoms with Crippen molar-refractivity contribution in [3.8, 4) is 0 Å². The molecule has 6 nitrogen and oxygen atoms in total. The van der Waals surface area contributed by atoms with Crippen LogP contribution in [0.3, 0.4) is 0 Å². The van der Waals surface area contributed by atoms with Crippen molar-refractivity contribution in [2.45, 2.75) is 59.8 Å². The van der Waals surface area contributed by atoms with E-state index < -0.39 is 0 Å². The number of anilines is 1. The van der Waals surface area contributed by atoms with Gasteiger partial charge in [0.25, 0.3) is 0 Å². The van der Waals surface area contributed by atoms with E-state index in [1.165, 1.54) is 0 Å². The third-order valence-corrected chi connectivity index (χ3v) is 3.80. The van der Waals surface area contributed by atoms with Gasteiger partial charge in [-0.15, -0.1) is 0 Å². The maximum Gasteiger partial charge on any atom is 0.233 e. The van der Waals surface area contributed by atoms with Gasteiger partial charge in [-0.3, -0.25) is 4.79 Å². The fraction of sp³-hybridized carbons (Fsp3) is 0.529. The largest absolute Gasteiger partial charge is 0.361 e. The minimum atomic E-state index is -0.306. The summed E-state index contributed by atoms with van der Waals surface area (Å²) in [5.74, 6) is 1.75. The van der Waals surface area contributed by atoms with E-state index in [4.69, 9.17) is 4.52 Å². The predicted molar refractivity (Wildman–Crippen MR) is 88.5 cm³/mol. The van der Waals surface area contributed by atoms with Gasteiger partial charge in [-0.2, -0.15) is 0 Å². The Labute approximate surface area is 136 Å². The molecule has 2 rings (SSSR count). The standard InChI is InChI=1S/C17H24N4O2/c1-7-13(15-11(5)21-23-12(15)6)17(22)20-14-8-10(4)18-16(19-14)9(2)3/h8-9,13H,7H2,1-6H3,(H,18,19,20,22). The monoisotopic (exact) mass is 316 g/mol. The van der Waals surface area contributed by atoms with Gasteiger partial charge >= 0.3 is 0 Å². The van der Waals surface area contributed by atoms with Crippen LogP contribution in [-0.2, 0) is 4.79 Å². The number of carbonyl (C=O) groups is 1. The Kier molecular flexibility index (Phi) is 5.13. The van der Waals surface area contributed by atoms with Gasteiger partial charge in [0, 0.05) is 23.2 Å². The number of hydrogen-bond donors (Lipinski definition) is 1. The van der Waals surface area contributed by atoms with E-state index in [0.29, 0.717) is 18.0 Å². The second-order valence-corrected chi connectivity index (χ2v) is 6.10. The van der Waals surface area contributed by atoms with Crippen molar-refractivity contribution in [1.29, 1.82) is 0 Å². The number of rotatable bonds is 5. The summed E-state index contributed by atoms with van der Waals surface area (Å²) in [4.78, 5) is 21.5. The molecule has 0 aliphatic rings. The highest BCUT2D eigenvalue weighted by atomic mass is 16.5. The molecule has 0 aliphatic carbocycles. The van der Waals surface area contributed by atoms with Gasteiger partial charge in [-0.1, -0.05) is 25.9 Å². The first-order chi connectivity index (χ1) is 10.8. The van der Waals surface area contributed by atoms with E-state index in [9.17, 15) is 4.79 Å². The molecule has 2 aromatic heterocycles. The van der Waals surface area contributed by atoms with Gasteiger partial charge in [0.15, 0.2) is 0 Å². The molecule has 0 aromatic carbocycles. The van der Waals surface area contributed by atoms with Crippen LogP contribution in [0.2, 0.25) is 0 Å². The van der Waals surface area contributed by atoms with Gasteiger partial charge in [0.1, 0.15) is 17.4 Å². The number of carbonyl (C=O) groups excluding carboxylic acids is 1. The van der Waals surface area contributed by atoms with Crippen molar-refractivity contribution in [1.82, 2.24) is 15.1 Å². The number of amides is 1. The number of nitrogens with one attached hydrogen (secondary N) is 1. The molecule has 1 amide bonds. The molecule has 0 spiro atoms. The lowest BCUT2D eigenvalue weighted by atomic mass is 9.94. The molecule has 0 radical (unpaired) electrons. The quantitative estimate of drug-likeness (QED) is 0.910. The zero-order valence-electron chi connectivity index (χ0n) is 14.6. The molecule has 124 valence electrons. The van der Waals surface area contributed by atoms with Crippen LogP contribution < -0.4 is 5.32 Å². The summed E-state index contributed by atoms with van der Waals surface area (Å²) >= 11 is 0. The van der Waals surface area contributed by atoms with E-state index >= 15 is 0 Å². The molecule has 0 aliphatic heterocycles. The summed E-state index contributed by atoms with van der Waals surface area (Å²) < 4.78 is 5.19. The SMILES string of the molecule is CCC(C(=O)Nc1cc(C)nc(C(C)C)n1)c1c(C)noc1C. The van der Waals surface area contributed by atoms with Crippen LogP contribution in [0.25, 0.3) is 0 Å². The van der Waals surface area contributed by atoms with Crippen molar-refractivity contribution in [2.75, 3.05) is 5.32 Å². The Morgan fingerprint density at radius 1 is 1.26 bits per heavy atom. The zero-order chi connectivity index (χ0) is 17.1. The highest BCUT2D eigenvalue weighted by Crippen LogP contribution is 2.27. The Morgan fingerprint density at radius 2 is 1.96 bits per heavy atom. The molecule has 0 fully saturated rings. The van der Waals surface area contributed by atoms with Gasteiger partial charge < -0.3 is 9.84 Å². The van der Waals surface area contributed by atoms with Crippen LogP contribution in [0.1, 0.15) is 67.6 Å². The Hall–Kier alpha value is -2.24. The maximum absolute atomic E-state index is 12.7. The summed E-state index contributed by atoms with van der Waals surface area (Å²) in [6, 6.07) is 1.78. The maximum atomic E-state index is 12.7. The van der Waals surface area contributed by atoms with Crippen molar-refractivity contribution in [3.05, 3.63) is 34.6 Å². The highest BCUT2D eigenvalue weighted by Gasteiger charge is 2.26. The van der Waals surface area contributed by atoms with Crippen molar-refractivity contribution in [2.24, 2.45) is 0 Å². The summed E-state index contributed by atoms with van der Waals surface area (Å²) in [7, 11) is 0. The van der Waals surface area contributed by atoms with E-state index in [1.54, 1.807) is 6.07 Å². The smallest absolute Gasteiger partial charge is 0.233 e. The first-order valence-electron chi connectivity index (χ1n) is 7.92. The van der Waals surface area contributed by atoms with E-state index in [2.05, 4.69) is 20.4 Å².